The lowest BCUT2D eigenvalue weighted by molar-refractivity contribution is -0.229. The van der Waals surface area contributed by atoms with E-state index in [1.807, 2.05) is 55.5 Å². The van der Waals surface area contributed by atoms with Crippen LogP contribution in [-0.2, 0) is 23.9 Å². The van der Waals surface area contributed by atoms with Crippen molar-refractivity contribution in [3.8, 4) is 23.0 Å². The summed E-state index contributed by atoms with van der Waals surface area (Å²) >= 11 is 6.20. The van der Waals surface area contributed by atoms with Crippen LogP contribution in [0.5, 0.6) is 23.0 Å². The van der Waals surface area contributed by atoms with Crippen LogP contribution in [0, 0.1) is 29.6 Å². The first kappa shape index (κ1) is 54.5. The van der Waals surface area contributed by atoms with Crippen LogP contribution in [-0.4, -0.2) is 93.0 Å². The van der Waals surface area contributed by atoms with E-state index in [1.54, 1.807) is 36.4 Å². The van der Waals surface area contributed by atoms with Crippen LogP contribution in [0.3, 0.4) is 0 Å². The Balaban J connectivity index is 0.000000154. The fourth-order valence-electron chi connectivity index (χ4n) is 10.3. The number of hydrogen-bond acceptors (Lipinski definition) is 12. The number of para-hydroxylation sites is 3. The summed E-state index contributed by atoms with van der Waals surface area (Å²) in [6, 6.07) is 28.6. The number of aromatic hydroxyl groups is 2. The maximum atomic E-state index is 12.2. The molecule has 14 nitrogen and oxygen atoms in total. The number of halogens is 1. The first-order valence-electron chi connectivity index (χ1n) is 24.9. The van der Waals surface area contributed by atoms with Crippen molar-refractivity contribution < 1.29 is 44.0 Å². The summed E-state index contributed by atoms with van der Waals surface area (Å²) in [5.74, 6) is 3.23. The molecular weight excluding hydrogens is 922 g/mol. The second-order valence-electron chi connectivity index (χ2n) is 20.4. The Morgan fingerprint density at radius 3 is 2.04 bits per heavy atom. The molecule has 0 unspecified atom stereocenters. The molecular formula is C56H72ClN5O9. The zero-order valence-corrected chi connectivity index (χ0v) is 42.7. The topological polar surface area (TPSA) is 199 Å². The number of Topliss-reactive ketones (excluding diaryl/α,β-unsaturated/α-hetero) is 1. The molecule has 11 rings (SSSR count). The minimum absolute atomic E-state index is 0.00492. The number of carbonyl (C=O) groups excluding carboxylic acids is 4. The maximum Gasteiger partial charge on any atom is 0.226 e. The van der Waals surface area contributed by atoms with Gasteiger partial charge in [0.15, 0.2) is 5.75 Å². The highest BCUT2D eigenvalue weighted by Crippen LogP contribution is 2.49. The molecule has 382 valence electrons. The predicted molar refractivity (Wildman–Crippen MR) is 277 cm³/mol. The zero-order chi connectivity index (χ0) is 51.3. The second kappa shape index (κ2) is 25.0. The second-order valence-corrected chi connectivity index (χ2v) is 20.8. The number of aliphatic hydroxyl groups excluding tert-OH is 1. The van der Waals surface area contributed by atoms with E-state index in [1.165, 1.54) is 44.7 Å². The number of aliphatic imine (C=N–C) groups is 1. The number of aliphatic hydroxyl groups is 1. The molecule has 15 heteroatoms. The van der Waals surface area contributed by atoms with E-state index >= 15 is 0 Å². The van der Waals surface area contributed by atoms with E-state index < -0.39 is 6.10 Å². The van der Waals surface area contributed by atoms with Crippen LogP contribution >= 0.6 is 11.6 Å². The fourth-order valence-corrected chi connectivity index (χ4v) is 10.5. The molecule has 0 spiro atoms. The Morgan fingerprint density at radius 2 is 1.46 bits per heavy atom. The first-order chi connectivity index (χ1) is 33.8. The van der Waals surface area contributed by atoms with Crippen molar-refractivity contribution in [3.05, 3.63) is 108 Å². The lowest BCUT2D eigenvalue weighted by Gasteiger charge is -2.54. The average Bonchev–Trinajstić information content (AvgIpc) is 3.48. The molecule has 6 fully saturated rings. The molecule has 6 N–H and O–H groups in total. The lowest BCUT2D eigenvalue weighted by atomic mass is 9.69. The Hall–Kier alpha value is -5.80. The van der Waals surface area contributed by atoms with Crippen molar-refractivity contribution in [1.82, 2.24) is 15.5 Å². The number of imide groups is 1. The number of ketones is 1. The summed E-state index contributed by atoms with van der Waals surface area (Å²) in [5.41, 5.74) is 2.87. The minimum atomic E-state index is -0.739. The number of fused-ring (bicyclic) bond motifs is 5. The molecule has 0 radical (unpaired) electrons. The molecule has 4 saturated heterocycles. The maximum absolute atomic E-state index is 12.2. The van der Waals surface area contributed by atoms with Crippen molar-refractivity contribution in [2.45, 2.75) is 117 Å². The molecule has 71 heavy (non-hydrogen) atoms. The average molecular weight is 995 g/mol. The first-order valence-corrected chi connectivity index (χ1v) is 25.3. The number of hydrogen-bond donors (Lipinski definition) is 6. The van der Waals surface area contributed by atoms with Gasteiger partial charge in [0.2, 0.25) is 17.7 Å². The number of rotatable bonds is 4. The highest BCUT2D eigenvalue weighted by atomic mass is 35.5. The SMILES string of the molecule is CC(=O)Nc1ccc(O)cc1.CC12CCC(CC1)C(C)(C)O2.C[C@@H]1C[C@@H]([C@H](O)CC2CC(=O)NC(=O)C2)C(=O)[C@@H](C)C1.Clc1ccc2c(c1)C(N1CCNCC1)=Nc1ccccc1O2.Oc1ccccc1. The summed E-state index contributed by atoms with van der Waals surface area (Å²) in [6.45, 7) is 16.0. The highest BCUT2D eigenvalue weighted by Gasteiger charge is 2.48. The smallest absolute Gasteiger partial charge is 0.226 e. The van der Waals surface area contributed by atoms with Crippen molar-refractivity contribution in [2.75, 3.05) is 31.5 Å². The molecule has 2 aliphatic carbocycles. The summed E-state index contributed by atoms with van der Waals surface area (Å²) in [7, 11) is 0. The van der Waals surface area contributed by atoms with Gasteiger partial charge < -0.3 is 40.3 Å². The lowest BCUT2D eigenvalue weighted by Crippen LogP contribution is -2.53. The standard InChI is InChI=1S/C17H16ClN3O.C15H23NO4.C10H18O.C8H9NO2.C6H6O/c18-12-5-6-15-13(11-12)17(21-9-7-19-8-10-21)20-14-3-1-2-4-16(14)22-15;1-8-3-9(2)15(20)11(4-8)12(17)5-10-6-13(18)16-14(19)7-10;1-9(2)8-4-6-10(3,11-9)7-5-8;1-6(10)9-7-2-4-8(11)5-3-7;7-6-4-2-1-3-5-6/h1-6,11,19H,7-10H2;8-12,17H,3-7H2,1-2H3,(H,16,18,19);8H,4-7H2,1-3H3;2-5,11H,1H3,(H,9,10);1-5,7H/t;8-,9-,11-,12+;;;/m.0.../s1. The molecule has 3 amide bonds. The number of piperazine rings is 1. The number of piperidine rings is 1. The monoisotopic (exact) mass is 994 g/mol. The summed E-state index contributed by atoms with van der Waals surface area (Å²) in [4.78, 5) is 52.5. The van der Waals surface area contributed by atoms with Crippen molar-refractivity contribution in [2.24, 2.45) is 34.6 Å². The number of phenolic OH excluding ortho intramolecular Hbond substituents is 2. The third-order valence-corrected chi connectivity index (χ3v) is 14.2. The van der Waals surface area contributed by atoms with Gasteiger partial charge in [-0.05, 0) is 150 Å². The van der Waals surface area contributed by atoms with E-state index in [0.29, 0.717) is 35.2 Å². The molecule has 2 bridgehead atoms. The highest BCUT2D eigenvalue weighted by molar-refractivity contribution is 6.31. The molecule has 7 aliphatic rings. The number of benzene rings is 4. The van der Waals surface area contributed by atoms with Gasteiger partial charge in [0.1, 0.15) is 34.6 Å². The molecule has 5 aliphatic heterocycles. The van der Waals surface area contributed by atoms with E-state index in [-0.39, 0.29) is 71.1 Å². The van der Waals surface area contributed by atoms with Crippen LogP contribution in [0.25, 0.3) is 0 Å². The fraction of sp³-hybridized carbons (Fsp3) is 0.482. The van der Waals surface area contributed by atoms with Crippen molar-refractivity contribution >= 4 is 52.3 Å². The Kier molecular flexibility index (Phi) is 19.2. The predicted octanol–water partition coefficient (Wildman–Crippen LogP) is 9.96. The third-order valence-electron chi connectivity index (χ3n) is 13.9. The van der Waals surface area contributed by atoms with Gasteiger partial charge in [-0.2, -0.15) is 0 Å². The molecule has 4 aromatic rings. The molecule has 0 aromatic heterocycles. The normalized spacial score (nSPS) is 24.5. The summed E-state index contributed by atoms with van der Waals surface area (Å²) in [6.07, 6.45) is 7.04. The zero-order valence-electron chi connectivity index (χ0n) is 42.0. The van der Waals surface area contributed by atoms with Crippen LogP contribution in [0.2, 0.25) is 5.02 Å². The number of anilines is 1. The summed E-state index contributed by atoms with van der Waals surface area (Å²) < 4.78 is 12.1. The third kappa shape index (κ3) is 16.1. The van der Waals surface area contributed by atoms with E-state index in [4.69, 9.17) is 36.3 Å². The van der Waals surface area contributed by atoms with Crippen LogP contribution in [0.1, 0.15) is 105 Å². The number of nitrogens with one attached hydrogen (secondary N) is 3. The van der Waals surface area contributed by atoms with Gasteiger partial charge in [-0.15, -0.1) is 0 Å². The number of phenols is 2. The molecule has 2 saturated carbocycles. The van der Waals surface area contributed by atoms with Gasteiger partial charge in [-0.3, -0.25) is 24.5 Å². The van der Waals surface area contributed by atoms with E-state index in [2.05, 4.69) is 48.5 Å². The molecule has 4 atom stereocenters. The number of carbonyl (C=O) groups is 4. The minimum Gasteiger partial charge on any atom is -0.508 e. The van der Waals surface area contributed by atoms with Gasteiger partial charge in [-0.1, -0.05) is 55.8 Å². The molecule has 4 aromatic carbocycles. The van der Waals surface area contributed by atoms with Crippen LogP contribution < -0.4 is 20.7 Å². The Bertz CT molecular complexity index is 2430. The Labute approximate surface area is 423 Å². The van der Waals surface area contributed by atoms with Crippen LogP contribution in [0.4, 0.5) is 11.4 Å². The number of amidine groups is 1. The number of nitrogens with zero attached hydrogens (tertiary/aromatic N) is 2. The van der Waals surface area contributed by atoms with Crippen molar-refractivity contribution in [3.63, 3.8) is 0 Å². The van der Waals surface area contributed by atoms with Gasteiger partial charge in [0.25, 0.3) is 0 Å². The van der Waals surface area contributed by atoms with Gasteiger partial charge >= 0.3 is 0 Å². The largest absolute Gasteiger partial charge is 0.508 e. The molecule has 5 heterocycles. The van der Waals surface area contributed by atoms with Crippen LogP contribution in [0.15, 0.2) is 102 Å². The van der Waals surface area contributed by atoms with Gasteiger partial charge in [0.05, 0.1) is 22.9 Å². The van der Waals surface area contributed by atoms with Crippen molar-refractivity contribution in [1.29, 1.82) is 0 Å². The van der Waals surface area contributed by atoms with Gasteiger partial charge in [-0.25, -0.2) is 4.99 Å². The van der Waals surface area contributed by atoms with Gasteiger partial charge in [0, 0.05) is 68.5 Å². The Morgan fingerprint density at radius 1 is 0.845 bits per heavy atom. The van der Waals surface area contributed by atoms with E-state index in [9.17, 15) is 24.3 Å². The quantitative estimate of drug-likeness (QED) is 0.0840. The summed E-state index contributed by atoms with van der Waals surface area (Å²) in [5, 5.41) is 36.8. The van der Waals surface area contributed by atoms with E-state index in [0.717, 1.165) is 67.1 Å². The number of amides is 3. The number of ether oxygens (including phenoxy) is 2.